The molecule has 3 nitrogen and oxygen atoms in total. The number of hydrogen-bond donors (Lipinski definition) is 0. The molecule has 0 aliphatic carbocycles. The summed E-state index contributed by atoms with van der Waals surface area (Å²) in [6.07, 6.45) is 3.61. The Morgan fingerprint density at radius 2 is 1.68 bits per heavy atom. The molecule has 0 radical (unpaired) electrons. The van der Waals surface area contributed by atoms with Crippen molar-refractivity contribution in [3.8, 4) is 11.3 Å². The van der Waals surface area contributed by atoms with Crippen LogP contribution in [0.4, 0.5) is 14.5 Å². The molecule has 4 aromatic rings. The SMILES string of the molecule is Fc1ccc([N+]2=C(c3ccc4noc(-c5ccc(Cl)cc5)c4c3)C=C2)c(F)c1. The minimum Gasteiger partial charge on any atom is -0.355 e. The first kappa shape index (κ1) is 16.8. The zero-order chi connectivity index (χ0) is 19.3. The van der Waals surface area contributed by atoms with Gasteiger partial charge in [-0.1, -0.05) is 16.8 Å². The van der Waals surface area contributed by atoms with Crippen molar-refractivity contribution in [3.63, 3.8) is 0 Å². The van der Waals surface area contributed by atoms with Gasteiger partial charge in [-0.25, -0.2) is 4.39 Å². The van der Waals surface area contributed by atoms with E-state index in [4.69, 9.17) is 16.1 Å². The van der Waals surface area contributed by atoms with Gasteiger partial charge in [-0.05, 0) is 48.5 Å². The first-order chi connectivity index (χ1) is 13.6. The van der Waals surface area contributed by atoms with Crippen LogP contribution in [0.5, 0.6) is 0 Å². The van der Waals surface area contributed by atoms with Gasteiger partial charge in [0.1, 0.15) is 11.3 Å². The molecular weight excluding hydrogens is 382 g/mol. The van der Waals surface area contributed by atoms with E-state index in [0.29, 0.717) is 16.5 Å². The molecule has 0 fully saturated rings. The predicted octanol–water partition coefficient (Wildman–Crippen LogP) is 6.09. The summed E-state index contributed by atoms with van der Waals surface area (Å²) in [4.78, 5) is 0. The van der Waals surface area contributed by atoms with Crippen molar-refractivity contribution in [1.82, 2.24) is 5.16 Å². The second-order valence-corrected chi connectivity index (χ2v) is 6.85. The number of allylic oxidation sites excluding steroid dienone is 1. The molecule has 1 aliphatic heterocycles. The van der Waals surface area contributed by atoms with Gasteiger partial charge in [-0.3, -0.25) is 0 Å². The highest BCUT2D eigenvalue weighted by Gasteiger charge is 2.27. The molecule has 3 aromatic carbocycles. The van der Waals surface area contributed by atoms with Gasteiger partial charge in [0.15, 0.2) is 17.8 Å². The monoisotopic (exact) mass is 393 g/mol. The molecule has 1 aliphatic rings. The summed E-state index contributed by atoms with van der Waals surface area (Å²) in [5, 5.41) is 5.59. The molecule has 0 unspecified atom stereocenters. The van der Waals surface area contributed by atoms with Crippen LogP contribution in [-0.4, -0.2) is 15.4 Å². The standard InChI is InChI=1S/C22H12ClF2N2O/c23-15-4-1-13(2-5-15)22-17-11-14(3-7-19(17)26-28-22)20-9-10-27(20)21-8-6-16(24)12-18(21)25/h1-12H/q+1. The summed E-state index contributed by atoms with van der Waals surface area (Å²) in [6.45, 7) is 0. The quantitative estimate of drug-likeness (QED) is 0.394. The lowest BCUT2D eigenvalue weighted by Gasteiger charge is -2.10. The maximum absolute atomic E-state index is 14.2. The minimum absolute atomic E-state index is 0.294. The molecule has 0 saturated heterocycles. The van der Waals surface area contributed by atoms with Gasteiger partial charge in [0.05, 0.1) is 11.5 Å². The van der Waals surface area contributed by atoms with Gasteiger partial charge in [0.2, 0.25) is 11.4 Å². The molecular formula is C22H12ClF2N2O+. The second kappa shape index (κ2) is 6.39. The minimum atomic E-state index is -0.616. The fourth-order valence-corrected chi connectivity index (χ4v) is 3.38. The van der Waals surface area contributed by atoms with Crippen LogP contribution >= 0.6 is 11.6 Å². The number of rotatable bonds is 3. The van der Waals surface area contributed by atoms with E-state index in [1.54, 1.807) is 22.9 Å². The third-order valence-electron chi connectivity index (χ3n) is 4.69. The Morgan fingerprint density at radius 3 is 2.39 bits per heavy atom. The Bertz CT molecular complexity index is 1290. The van der Waals surface area contributed by atoms with E-state index in [2.05, 4.69) is 5.16 Å². The molecule has 1 aromatic heterocycles. The van der Waals surface area contributed by atoms with Crippen molar-refractivity contribution in [2.75, 3.05) is 0 Å². The number of halogens is 3. The molecule has 5 rings (SSSR count). The van der Waals surface area contributed by atoms with E-state index in [1.807, 2.05) is 36.4 Å². The van der Waals surface area contributed by atoms with E-state index in [9.17, 15) is 8.78 Å². The number of fused-ring (bicyclic) bond motifs is 1. The summed E-state index contributed by atoms with van der Waals surface area (Å²) in [5.41, 5.74) is 3.55. The highest BCUT2D eigenvalue weighted by Crippen LogP contribution is 2.31. The summed E-state index contributed by atoms with van der Waals surface area (Å²) in [6, 6.07) is 16.5. The molecule has 2 heterocycles. The van der Waals surface area contributed by atoms with Crippen LogP contribution in [0.15, 0.2) is 77.5 Å². The average molecular weight is 394 g/mol. The summed E-state index contributed by atoms with van der Waals surface area (Å²) in [5.74, 6) is -0.586. The van der Waals surface area contributed by atoms with Crippen molar-refractivity contribution < 1.29 is 17.9 Å². The summed E-state index contributed by atoms with van der Waals surface area (Å²) >= 11 is 5.96. The van der Waals surface area contributed by atoms with E-state index < -0.39 is 11.6 Å². The highest BCUT2D eigenvalue weighted by molar-refractivity contribution is 6.30. The molecule has 6 heteroatoms. The molecule has 0 atom stereocenters. The Hall–Kier alpha value is -3.31. The van der Waals surface area contributed by atoms with E-state index in [-0.39, 0.29) is 0 Å². The van der Waals surface area contributed by atoms with Crippen molar-refractivity contribution in [3.05, 3.63) is 95.2 Å². The lowest BCUT2D eigenvalue weighted by Crippen LogP contribution is -2.20. The van der Waals surface area contributed by atoms with Gasteiger partial charge in [0.25, 0.3) is 0 Å². The largest absolute Gasteiger partial charge is 0.355 e. The summed E-state index contributed by atoms with van der Waals surface area (Å²) < 4.78 is 34.6. The number of benzene rings is 3. The molecule has 0 N–H and O–H groups in total. The van der Waals surface area contributed by atoms with Crippen LogP contribution in [-0.2, 0) is 0 Å². The highest BCUT2D eigenvalue weighted by atomic mass is 35.5. The number of aromatic nitrogens is 1. The number of nitrogens with zero attached hydrogens (tertiary/aromatic N) is 2. The lowest BCUT2D eigenvalue weighted by atomic mass is 10.0. The number of hydrogen-bond acceptors (Lipinski definition) is 2. The van der Waals surface area contributed by atoms with Crippen LogP contribution in [0.1, 0.15) is 5.56 Å². The van der Waals surface area contributed by atoms with Gasteiger partial charge in [-0.2, -0.15) is 8.97 Å². The third kappa shape index (κ3) is 2.72. The first-order valence-corrected chi connectivity index (χ1v) is 8.93. The fraction of sp³-hybridized carbons (Fsp3) is 0. The zero-order valence-electron chi connectivity index (χ0n) is 14.4. The molecule has 28 heavy (non-hydrogen) atoms. The smallest absolute Gasteiger partial charge is 0.247 e. The fourth-order valence-electron chi connectivity index (χ4n) is 3.26. The Kier molecular flexibility index (Phi) is 3.84. The van der Waals surface area contributed by atoms with Crippen molar-refractivity contribution in [2.45, 2.75) is 0 Å². The Labute approximate surface area is 163 Å². The predicted molar refractivity (Wildman–Crippen MR) is 104 cm³/mol. The lowest BCUT2D eigenvalue weighted by molar-refractivity contribution is -0.373. The zero-order valence-corrected chi connectivity index (χ0v) is 15.1. The van der Waals surface area contributed by atoms with E-state index >= 15 is 0 Å². The van der Waals surface area contributed by atoms with E-state index in [0.717, 1.165) is 33.8 Å². The normalized spacial score (nSPS) is 13.2. The van der Waals surface area contributed by atoms with Crippen molar-refractivity contribution in [2.24, 2.45) is 0 Å². The van der Waals surface area contributed by atoms with Crippen LogP contribution in [0.2, 0.25) is 5.02 Å². The van der Waals surface area contributed by atoms with Crippen molar-refractivity contribution >= 4 is 33.9 Å². The molecule has 0 spiro atoms. The molecule has 0 bridgehead atoms. The third-order valence-corrected chi connectivity index (χ3v) is 4.94. The molecule has 0 amide bonds. The maximum Gasteiger partial charge on any atom is 0.247 e. The van der Waals surface area contributed by atoms with Gasteiger partial charge >= 0.3 is 0 Å². The van der Waals surface area contributed by atoms with Gasteiger partial charge in [0, 0.05) is 28.3 Å². The average Bonchev–Trinajstić information content (AvgIpc) is 3.07. The topological polar surface area (TPSA) is 29.0 Å². The molecule has 0 saturated carbocycles. The van der Waals surface area contributed by atoms with Crippen LogP contribution < -0.4 is 0 Å². The van der Waals surface area contributed by atoms with Crippen LogP contribution in [0.25, 0.3) is 22.2 Å². The second-order valence-electron chi connectivity index (χ2n) is 6.42. The van der Waals surface area contributed by atoms with Crippen molar-refractivity contribution in [1.29, 1.82) is 0 Å². The van der Waals surface area contributed by atoms with E-state index in [1.165, 1.54) is 12.1 Å². The van der Waals surface area contributed by atoms with Gasteiger partial charge < -0.3 is 4.52 Å². The molecule has 136 valence electrons. The maximum atomic E-state index is 14.2. The summed E-state index contributed by atoms with van der Waals surface area (Å²) in [7, 11) is 0. The van der Waals surface area contributed by atoms with Gasteiger partial charge in [-0.15, -0.1) is 0 Å². The first-order valence-electron chi connectivity index (χ1n) is 8.55. The Balaban J connectivity index is 1.62. The van der Waals surface area contributed by atoms with Crippen LogP contribution in [0.3, 0.4) is 0 Å². The Morgan fingerprint density at radius 1 is 0.893 bits per heavy atom. The van der Waals surface area contributed by atoms with Crippen LogP contribution in [0, 0.1) is 11.6 Å².